The molecule has 0 spiro atoms. The maximum Gasteiger partial charge on any atom is 0.248 e. The fourth-order valence-corrected chi connectivity index (χ4v) is 2.64. The van der Waals surface area contributed by atoms with Gasteiger partial charge in [-0.1, -0.05) is 11.6 Å². The molecule has 6 heteroatoms. The highest BCUT2D eigenvalue weighted by Crippen LogP contribution is 2.27. The molecule has 0 saturated carbocycles. The zero-order valence-electron chi connectivity index (χ0n) is 11.9. The van der Waals surface area contributed by atoms with E-state index in [-0.39, 0.29) is 5.56 Å². The van der Waals surface area contributed by atoms with Crippen LogP contribution < -0.4 is 5.56 Å². The van der Waals surface area contributed by atoms with Gasteiger partial charge in [-0.25, -0.2) is 4.68 Å². The van der Waals surface area contributed by atoms with Crippen LogP contribution in [0.3, 0.4) is 0 Å². The molecule has 5 nitrogen and oxygen atoms in total. The third-order valence-electron chi connectivity index (χ3n) is 3.56. The Morgan fingerprint density at radius 1 is 1.09 bits per heavy atom. The van der Waals surface area contributed by atoms with Crippen LogP contribution in [0.2, 0.25) is 5.02 Å². The largest absolute Gasteiger partial charge is 0.329 e. The van der Waals surface area contributed by atoms with Crippen molar-refractivity contribution < 1.29 is 0 Å². The molecule has 0 saturated heterocycles. The molecule has 3 aromatic heterocycles. The van der Waals surface area contributed by atoms with Crippen molar-refractivity contribution in [2.24, 2.45) is 0 Å². The van der Waals surface area contributed by atoms with Gasteiger partial charge in [-0.2, -0.15) is 5.10 Å². The van der Waals surface area contributed by atoms with Crippen LogP contribution in [0.1, 0.15) is 0 Å². The molecule has 1 N–H and O–H groups in total. The monoisotopic (exact) mass is 322 g/mol. The Labute approximate surface area is 136 Å². The molecule has 0 amide bonds. The third-order valence-corrected chi connectivity index (χ3v) is 3.81. The first kappa shape index (κ1) is 13.7. The van der Waals surface area contributed by atoms with Crippen LogP contribution in [0.25, 0.3) is 28.0 Å². The van der Waals surface area contributed by atoms with Gasteiger partial charge >= 0.3 is 0 Å². The van der Waals surface area contributed by atoms with Gasteiger partial charge in [0.05, 0.1) is 11.2 Å². The molecule has 1 aromatic carbocycles. The number of halogens is 1. The van der Waals surface area contributed by atoms with Crippen LogP contribution in [-0.4, -0.2) is 19.7 Å². The fourth-order valence-electron chi connectivity index (χ4n) is 2.52. The van der Waals surface area contributed by atoms with Gasteiger partial charge in [-0.3, -0.25) is 9.78 Å². The summed E-state index contributed by atoms with van der Waals surface area (Å²) in [5.41, 5.74) is 3.71. The molecule has 0 atom stereocenters. The molecule has 4 aromatic rings. The van der Waals surface area contributed by atoms with Crippen LogP contribution in [0, 0.1) is 0 Å². The quantitative estimate of drug-likeness (QED) is 0.615. The lowest BCUT2D eigenvalue weighted by Gasteiger charge is -2.02. The molecule has 0 aliphatic rings. The van der Waals surface area contributed by atoms with Crippen LogP contribution >= 0.6 is 11.6 Å². The molecule has 3 heterocycles. The molecule has 0 fully saturated rings. The van der Waals surface area contributed by atoms with Crippen LogP contribution in [0.5, 0.6) is 0 Å². The summed E-state index contributed by atoms with van der Waals surface area (Å²) in [5.74, 6) is 0. The SMILES string of the molecule is O=c1cc(-c2nn(-c3ccc(Cl)cc3)c3cccnc23)cc[nH]1. The average molecular weight is 323 g/mol. The molecule has 112 valence electrons. The second-order valence-corrected chi connectivity index (χ2v) is 5.49. The predicted molar refractivity (Wildman–Crippen MR) is 89.9 cm³/mol. The molecule has 0 unspecified atom stereocenters. The van der Waals surface area contributed by atoms with Crippen molar-refractivity contribution in [1.29, 1.82) is 0 Å². The maximum atomic E-state index is 11.6. The zero-order valence-corrected chi connectivity index (χ0v) is 12.7. The molecule has 23 heavy (non-hydrogen) atoms. The van der Waals surface area contributed by atoms with Crippen LogP contribution in [-0.2, 0) is 0 Å². The Hall–Kier alpha value is -2.92. The zero-order chi connectivity index (χ0) is 15.8. The van der Waals surface area contributed by atoms with E-state index < -0.39 is 0 Å². The van der Waals surface area contributed by atoms with Crippen LogP contribution in [0.15, 0.2) is 65.7 Å². The summed E-state index contributed by atoms with van der Waals surface area (Å²) >= 11 is 5.96. The standard InChI is InChI=1S/C17H11ClN4O/c18-12-3-5-13(6-4-12)22-14-2-1-8-20-17(14)16(21-22)11-7-9-19-15(23)10-11/h1-10H,(H,19,23). The Bertz CT molecular complexity index is 1050. The number of aromatic amines is 1. The van der Waals surface area contributed by atoms with Crippen molar-refractivity contribution in [2.75, 3.05) is 0 Å². The van der Waals surface area contributed by atoms with Crippen molar-refractivity contribution in [2.45, 2.75) is 0 Å². The summed E-state index contributed by atoms with van der Waals surface area (Å²) in [6.45, 7) is 0. The molecular weight excluding hydrogens is 312 g/mol. The number of rotatable bonds is 2. The van der Waals surface area contributed by atoms with Gasteiger partial charge in [0, 0.05) is 29.0 Å². The van der Waals surface area contributed by atoms with E-state index in [2.05, 4.69) is 15.1 Å². The van der Waals surface area contributed by atoms with Gasteiger partial charge < -0.3 is 4.98 Å². The van der Waals surface area contributed by atoms with E-state index in [9.17, 15) is 4.79 Å². The van der Waals surface area contributed by atoms with Gasteiger partial charge in [0.2, 0.25) is 5.56 Å². The van der Waals surface area contributed by atoms with Crippen molar-refractivity contribution >= 4 is 22.6 Å². The number of fused-ring (bicyclic) bond motifs is 1. The minimum atomic E-state index is -0.173. The summed E-state index contributed by atoms with van der Waals surface area (Å²) < 4.78 is 1.80. The first-order valence-electron chi connectivity index (χ1n) is 7.01. The van der Waals surface area contributed by atoms with Crippen molar-refractivity contribution in [3.8, 4) is 16.9 Å². The second-order valence-electron chi connectivity index (χ2n) is 5.05. The second kappa shape index (κ2) is 5.37. The number of hydrogen-bond donors (Lipinski definition) is 1. The Morgan fingerprint density at radius 3 is 2.70 bits per heavy atom. The smallest absolute Gasteiger partial charge is 0.248 e. The van der Waals surface area contributed by atoms with E-state index in [1.807, 2.05) is 42.5 Å². The minimum Gasteiger partial charge on any atom is -0.329 e. The first-order valence-corrected chi connectivity index (χ1v) is 7.39. The highest BCUT2D eigenvalue weighted by Gasteiger charge is 2.14. The number of aromatic nitrogens is 4. The number of nitrogens with zero attached hydrogens (tertiary/aromatic N) is 3. The fraction of sp³-hybridized carbons (Fsp3) is 0. The van der Waals surface area contributed by atoms with E-state index >= 15 is 0 Å². The lowest BCUT2D eigenvalue weighted by atomic mass is 10.2. The van der Waals surface area contributed by atoms with Crippen LogP contribution in [0.4, 0.5) is 0 Å². The number of H-pyrrole nitrogens is 1. The van der Waals surface area contributed by atoms with Crippen molar-refractivity contribution in [1.82, 2.24) is 19.7 Å². The minimum absolute atomic E-state index is 0.173. The summed E-state index contributed by atoms with van der Waals surface area (Å²) in [4.78, 5) is 18.6. The average Bonchev–Trinajstić information content (AvgIpc) is 2.95. The van der Waals surface area contributed by atoms with E-state index in [0.29, 0.717) is 10.7 Å². The first-order chi connectivity index (χ1) is 11.2. The lowest BCUT2D eigenvalue weighted by Crippen LogP contribution is -2.02. The lowest BCUT2D eigenvalue weighted by molar-refractivity contribution is 0.914. The predicted octanol–water partition coefficient (Wildman–Crippen LogP) is 3.43. The van der Waals surface area contributed by atoms with Gasteiger partial charge in [0.15, 0.2) is 0 Å². The van der Waals surface area contributed by atoms with Crippen molar-refractivity contribution in [3.63, 3.8) is 0 Å². The summed E-state index contributed by atoms with van der Waals surface area (Å²) in [5, 5.41) is 5.32. The number of pyridine rings is 2. The summed E-state index contributed by atoms with van der Waals surface area (Å²) in [6.07, 6.45) is 3.32. The van der Waals surface area contributed by atoms with Crippen molar-refractivity contribution in [3.05, 3.63) is 76.3 Å². The third kappa shape index (κ3) is 2.41. The number of hydrogen-bond acceptors (Lipinski definition) is 3. The molecule has 0 aliphatic carbocycles. The number of nitrogens with one attached hydrogen (secondary N) is 1. The van der Waals surface area contributed by atoms with Gasteiger partial charge in [-0.15, -0.1) is 0 Å². The number of benzene rings is 1. The molecule has 0 radical (unpaired) electrons. The van der Waals surface area contributed by atoms with E-state index in [1.54, 1.807) is 17.1 Å². The highest BCUT2D eigenvalue weighted by molar-refractivity contribution is 6.30. The maximum absolute atomic E-state index is 11.6. The van der Waals surface area contributed by atoms with E-state index in [1.165, 1.54) is 6.07 Å². The van der Waals surface area contributed by atoms with Gasteiger partial charge in [0.1, 0.15) is 11.2 Å². The molecule has 0 aliphatic heterocycles. The van der Waals surface area contributed by atoms with Gasteiger partial charge in [-0.05, 0) is 42.5 Å². The van der Waals surface area contributed by atoms with E-state index in [4.69, 9.17) is 11.6 Å². The molecule has 4 rings (SSSR count). The summed E-state index contributed by atoms with van der Waals surface area (Å²) in [7, 11) is 0. The van der Waals surface area contributed by atoms with Gasteiger partial charge in [0.25, 0.3) is 0 Å². The Kier molecular flexibility index (Phi) is 3.20. The Balaban J connectivity index is 2.00. The normalized spacial score (nSPS) is 11.0. The Morgan fingerprint density at radius 2 is 1.91 bits per heavy atom. The summed E-state index contributed by atoms with van der Waals surface area (Å²) in [6, 6.07) is 14.5. The topological polar surface area (TPSA) is 63.6 Å². The molecular formula is C17H11ClN4O. The highest BCUT2D eigenvalue weighted by atomic mass is 35.5. The molecule has 0 bridgehead atoms. The van der Waals surface area contributed by atoms with E-state index in [0.717, 1.165) is 22.3 Å².